The molecule has 3 rings (SSSR count). The first-order valence-corrected chi connectivity index (χ1v) is 11.1. The molecule has 1 saturated carbocycles. The zero-order valence-electron chi connectivity index (χ0n) is 14.9. The molecule has 1 aliphatic carbocycles. The number of benzene rings is 2. The first kappa shape index (κ1) is 20.2. The fourth-order valence-electron chi connectivity index (χ4n) is 3.39. The SMILES string of the molecule is CC1CCC(NS(=O)(=O)c2ccc(-c3ccc(Cl)cc3C#N)c(Cl)c2)CC1. The molecule has 0 spiro atoms. The van der Waals surface area contributed by atoms with Crippen molar-refractivity contribution in [3.05, 3.63) is 52.0 Å². The van der Waals surface area contributed by atoms with Crippen molar-refractivity contribution in [1.82, 2.24) is 4.72 Å². The summed E-state index contributed by atoms with van der Waals surface area (Å²) in [6.07, 6.45) is 3.76. The van der Waals surface area contributed by atoms with E-state index in [1.165, 1.54) is 12.1 Å². The van der Waals surface area contributed by atoms with Crippen LogP contribution in [0.1, 0.15) is 38.2 Å². The fraction of sp³-hybridized carbons (Fsp3) is 0.350. The van der Waals surface area contributed by atoms with Gasteiger partial charge in [-0.05, 0) is 55.9 Å². The molecule has 1 fully saturated rings. The van der Waals surface area contributed by atoms with Gasteiger partial charge in [0.25, 0.3) is 0 Å². The lowest BCUT2D eigenvalue weighted by Crippen LogP contribution is -2.37. The van der Waals surface area contributed by atoms with Crippen LogP contribution < -0.4 is 4.72 Å². The summed E-state index contributed by atoms with van der Waals surface area (Å²) in [4.78, 5) is 0.127. The zero-order valence-corrected chi connectivity index (χ0v) is 17.2. The molecule has 0 heterocycles. The molecule has 4 nitrogen and oxygen atoms in total. The molecular weight excluding hydrogens is 403 g/mol. The van der Waals surface area contributed by atoms with Gasteiger partial charge in [0.1, 0.15) is 0 Å². The Morgan fingerprint density at radius 3 is 2.33 bits per heavy atom. The molecule has 0 bridgehead atoms. The second-order valence-electron chi connectivity index (χ2n) is 7.02. The summed E-state index contributed by atoms with van der Waals surface area (Å²) in [5.74, 6) is 0.646. The smallest absolute Gasteiger partial charge is 0.208 e. The minimum Gasteiger partial charge on any atom is -0.208 e. The first-order chi connectivity index (χ1) is 12.8. The van der Waals surface area contributed by atoms with Gasteiger partial charge in [0, 0.05) is 27.2 Å². The van der Waals surface area contributed by atoms with Gasteiger partial charge in [-0.3, -0.25) is 0 Å². The summed E-state index contributed by atoms with van der Waals surface area (Å²) in [6.45, 7) is 2.19. The number of rotatable bonds is 4. The number of hydrogen-bond donors (Lipinski definition) is 1. The molecule has 1 aliphatic rings. The highest BCUT2D eigenvalue weighted by molar-refractivity contribution is 7.89. The van der Waals surface area contributed by atoms with Crippen LogP contribution in [0.3, 0.4) is 0 Å². The van der Waals surface area contributed by atoms with Crippen LogP contribution in [0.25, 0.3) is 11.1 Å². The number of halogens is 2. The van der Waals surface area contributed by atoms with Crippen molar-refractivity contribution in [2.24, 2.45) is 5.92 Å². The van der Waals surface area contributed by atoms with Gasteiger partial charge in [-0.2, -0.15) is 5.26 Å². The average Bonchev–Trinajstić information content (AvgIpc) is 2.63. The summed E-state index contributed by atoms with van der Waals surface area (Å²) >= 11 is 12.3. The quantitative estimate of drug-likeness (QED) is 0.717. The highest BCUT2D eigenvalue weighted by atomic mass is 35.5. The van der Waals surface area contributed by atoms with Crippen molar-refractivity contribution in [1.29, 1.82) is 5.26 Å². The van der Waals surface area contributed by atoms with Crippen molar-refractivity contribution < 1.29 is 8.42 Å². The number of nitrogens with zero attached hydrogens (tertiary/aromatic N) is 1. The maximum absolute atomic E-state index is 12.7. The molecule has 27 heavy (non-hydrogen) atoms. The van der Waals surface area contributed by atoms with Crippen LogP contribution in [-0.2, 0) is 10.0 Å². The summed E-state index contributed by atoms with van der Waals surface area (Å²) in [5, 5.41) is 10.0. The second kappa shape index (κ2) is 8.20. The van der Waals surface area contributed by atoms with Crippen molar-refractivity contribution >= 4 is 33.2 Å². The maximum atomic E-state index is 12.7. The van der Waals surface area contributed by atoms with Gasteiger partial charge in [-0.1, -0.05) is 42.3 Å². The predicted octanol–water partition coefficient (Wildman–Crippen LogP) is 5.39. The van der Waals surface area contributed by atoms with Gasteiger partial charge < -0.3 is 0 Å². The highest BCUT2D eigenvalue weighted by Crippen LogP contribution is 2.33. The number of hydrogen-bond acceptors (Lipinski definition) is 3. The van der Waals surface area contributed by atoms with E-state index in [1.54, 1.807) is 24.3 Å². The molecule has 0 saturated heterocycles. The largest absolute Gasteiger partial charge is 0.240 e. The third kappa shape index (κ3) is 4.64. The van der Waals surface area contributed by atoms with Crippen LogP contribution >= 0.6 is 23.2 Å². The standard InChI is InChI=1S/C20H20Cl2N2O2S/c1-13-2-5-16(6-3-13)24-27(25,26)17-7-9-19(20(22)11-17)18-8-4-15(21)10-14(18)12-23/h4,7-11,13,16,24H,2-3,5-6H2,1H3. The Hall–Kier alpha value is -1.58. The van der Waals surface area contributed by atoms with Crippen molar-refractivity contribution in [2.45, 2.75) is 43.5 Å². The Morgan fingerprint density at radius 1 is 1.04 bits per heavy atom. The molecule has 0 amide bonds. The van der Waals surface area contributed by atoms with Crippen molar-refractivity contribution in [3.63, 3.8) is 0 Å². The highest BCUT2D eigenvalue weighted by Gasteiger charge is 2.25. The Bertz CT molecular complexity index is 992. The Balaban J connectivity index is 1.87. The lowest BCUT2D eigenvalue weighted by molar-refractivity contribution is 0.332. The molecule has 1 N–H and O–H groups in total. The van der Waals surface area contributed by atoms with Crippen LogP contribution in [0.5, 0.6) is 0 Å². The molecule has 142 valence electrons. The number of sulfonamides is 1. The van der Waals surface area contributed by atoms with Crippen LogP contribution in [0.15, 0.2) is 41.3 Å². The summed E-state index contributed by atoms with van der Waals surface area (Å²) in [6, 6.07) is 11.6. The predicted molar refractivity (Wildman–Crippen MR) is 108 cm³/mol. The molecule has 0 aromatic heterocycles. The third-order valence-electron chi connectivity index (χ3n) is 4.98. The van der Waals surface area contributed by atoms with Crippen molar-refractivity contribution in [2.75, 3.05) is 0 Å². The minimum absolute atomic E-state index is 0.0360. The molecule has 0 unspecified atom stereocenters. The van der Waals surface area contributed by atoms with Gasteiger partial charge in [0.2, 0.25) is 10.0 Å². The van der Waals surface area contributed by atoms with Gasteiger partial charge in [-0.25, -0.2) is 13.1 Å². The van der Waals surface area contributed by atoms with Crippen molar-refractivity contribution in [3.8, 4) is 17.2 Å². The molecule has 2 aromatic rings. The van der Waals surface area contributed by atoms with Crippen LogP contribution in [0, 0.1) is 17.2 Å². The van der Waals surface area contributed by atoms with E-state index in [4.69, 9.17) is 23.2 Å². The molecule has 7 heteroatoms. The van der Waals surface area contributed by atoms with Gasteiger partial charge in [-0.15, -0.1) is 0 Å². The Labute approximate surface area is 170 Å². The Kier molecular flexibility index (Phi) is 6.12. The van der Waals surface area contributed by atoms with E-state index in [0.29, 0.717) is 27.6 Å². The van der Waals surface area contributed by atoms with Gasteiger partial charge >= 0.3 is 0 Å². The van der Waals surface area contributed by atoms with E-state index < -0.39 is 10.0 Å². The van der Waals surface area contributed by atoms with E-state index in [1.807, 2.05) is 0 Å². The van der Waals surface area contributed by atoms with E-state index in [0.717, 1.165) is 25.7 Å². The number of nitrogens with one attached hydrogen (secondary N) is 1. The second-order valence-corrected chi connectivity index (χ2v) is 9.58. The molecule has 2 aromatic carbocycles. The Morgan fingerprint density at radius 2 is 1.70 bits per heavy atom. The number of nitriles is 1. The average molecular weight is 423 g/mol. The topological polar surface area (TPSA) is 70.0 Å². The van der Waals surface area contributed by atoms with E-state index in [2.05, 4.69) is 17.7 Å². The summed E-state index contributed by atoms with van der Waals surface area (Å²) in [7, 11) is -3.64. The fourth-order valence-corrected chi connectivity index (χ4v) is 5.24. The zero-order chi connectivity index (χ0) is 19.6. The summed E-state index contributed by atoms with van der Waals surface area (Å²) in [5.41, 5.74) is 1.59. The molecular formula is C20H20Cl2N2O2S. The lowest BCUT2D eigenvalue weighted by atomic mass is 9.88. The minimum atomic E-state index is -3.64. The normalized spacial score (nSPS) is 20.2. The van der Waals surface area contributed by atoms with Gasteiger partial charge in [0.15, 0.2) is 0 Å². The first-order valence-electron chi connectivity index (χ1n) is 8.82. The monoisotopic (exact) mass is 422 g/mol. The van der Waals surface area contributed by atoms with Crippen LogP contribution in [0.4, 0.5) is 0 Å². The molecule has 0 aliphatic heterocycles. The van der Waals surface area contributed by atoms with E-state index in [-0.39, 0.29) is 16.0 Å². The van der Waals surface area contributed by atoms with Crippen LogP contribution in [0.2, 0.25) is 10.0 Å². The van der Waals surface area contributed by atoms with Crippen LogP contribution in [-0.4, -0.2) is 14.5 Å². The maximum Gasteiger partial charge on any atom is 0.240 e. The van der Waals surface area contributed by atoms with E-state index >= 15 is 0 Å². The van der Waals surface area contributed by atoms with Gasteiger partial charge in [0.05, 0.1) is 16.5 Å². The molecule has 0 radical (unpaired) electrons. The summed E-state index contributed by atoms with van der Waals surface area (Å²) < 4.78 is 28.2. The molecule has 0 atom stereocenters. The van der Waals surface area contributed by atoms with E-state index in [9.17, 15) is 13.7 Å². The third-order valence-corrected chi connectivity index (χ3v) is 7.05. The lowest BCUT2D eigenvalue weighted by Gasteiger charge is -2.26.